The highest BCUT2D eigenvalue weighted by molar-refractivity contribution is 5.48. The minimum atomic E-state index is 1.25. The van der Waals surface area contributed by atoms with Gasteiger partial charge in [-0.05, 0) is 26.3 Å². The first-order valence-electron chi connectivity index (χ1n) is 3.15. The Balaban J connectivity index is -0.0000000600. The molecule has 0 bridgehead atoms. The van der Waals surface area contributed by atoms with Crippen LogP contribution in [-0.2, 0) is 0 Å². The molecule has 0 aromatic rings. The fourth-order valence-electron chi connectivity index (χ4n) is 0. The summed E-state index contributed by atoms with van der Waals surface area (Å²) in [6.45, 7) is 7.58. The van der Waals surface area contributed by atoms with Gasteiger partial charge < -0.3 is 10.8 Å². The van der Waals surface area contributed by atoms with E-state index in [9.17, 15) is 0 Å². The van der Waals surface area contributed by atoms with Crippen LogP contribution < -0.4 is 0 Å². The van der Waals surface area contributed by atoms with Crippen LogP contribution in [0.5, 0.6) is 0 Å². The average Bonchev–Trinajstić information content (AvgIpc) is 1.70. The zero-order valence-electron chi connectivity index (χ0n) is 6.86. The van der Waals surface area contributed by atoms with Crippen molar-refractivity contribution in [1.82, 2.24) is 0 Å². The summed E-state index contributed by atoms with van der Waals surface area (Å²) in [6.07, 6.45) is 3.75. The summed E-state index contributed by atoms with van der Waals surface area (Å²) in [5.74, 6) is 0. The van der Waals surface area contributed by atoms with Gasteiger partial charge in [0.25, 0.3) is 0 Å². The van der Waals surface area contributed by atoms with Crippen LogP contribution in [0.4, 0.5) is 0 Å². The highest BCUT2D eigenvalue weighted by Gasteiger charge is 1.35. The van der Waals surface area contributed by atoms with Crippen LogP contribution in [-0.4, -0.2) is 12.4 Å². The Hall–Kier alpha value is -0.660. The maximum Gasteiger partial charge on any atom is -0.00788 e. The van der Waals surface area contributed by atoms with Crippen molar-refractivity contribution >= 4 is 12.4 Å². The van der Waals surface area contributed by atoms with Gasteiger partial charge in [-0.3, -0.25) is 0 Å². The van der Waals surface area contributed by atoms with E-state index in [2.05, 4.69) is 13.8 Å². The van der Waals surface area contributed by atoms with E-state index in [4.69, 9.17) is 10.8 Å². The van der Waals surface area contributed by atoms with E-state index in [1.165, 1.54) is 18.9 Å². The monoisotopic (exact) mass is 130 g/mol. The van der Waals surface area contributed by atoms with Crippen LogP contribution in [0, 0.1) is 10.8 Å². The Kier molecular flexibility index (Phi) is 94.3. The highest BCUT2D eigenvalue weighted by atomic mass is 14.3. The molecular formula is C7H18N2. The van der Waals surface area contributed by atoms with Gasteiger partial charge >= 0.3 is 0 Å². The molecular weight excluding hydrogens is 112 g/mol. The fraction of sp³-hybridized carbons (Fsp3) is 0.714. The molecule has 0 aromatic carbocycles. The van der Waals surface area contributed by atoms with Gasteiger partial charge in [-0.15, -0.1) is 0 Å². The van der Waals surface area contributed by atoms with Crippen molar-refractivity contribution < 1.29 is 0 Å². The molecule has 0 fully saturated rings. The molecule has 2 heteroatoms. The van der Waals surface area contributed by atoms with Gasteiger partial charge in [0.05, 0.1) is 0 Å². The third-order valence-corrected chi connectivity index (χ3v) is 0. The van der Waals surface area contributed by atoms with Crippen LogP contribution in [0.25, 0.3) is 0 Å². The first-order valence-corrected chi connectivity index (χ1v) is 3.15. The van der Waals surface area contributed by atoms with E-state index in [0.29, 0.717) is 0 Å². The summed E-state index contributed by atoms with van der Waals surface area (Å²) in [4.78, 5) is 0. The SMILES string of the molecule is CC=N.CC=N.CCC. The largest absolute Gasteiger partial charge is 0.313 e. The molecule has 2 N–H and O–H groups in total. The minimum Gasteiger partial charge on any atom is -0.313 e. The van der Waals surface area contributed by atoms with Gasteiger partial charge in [0.2, 0.25) is 0 Å². The Morgan fingerprint density at radius 3 is 1.00 bits per heavy atom. The van der Waals surface area contributed by atoms with Crippen molar-refractivity contribution in [3.8, 4) is 0 Å². The van der Waals surface area contributed by atoms with Gasteiger partial charge in [-0.25, -0.2) is 0 Å². The Morgan fingerprint density at radius 2 is 1.00 bits per heavy atom. The molecule has 2 nitrogen and oxygen atoms in total. The summed E-state index contributed by atoms with van der Waals surface area (Å²) in [7, 11) is 0. The number of hydrogen-bond donors (Lipinski definition) is 2. The smallest absolute Gasteiger partial charge is 0.00788 e. The van der Waals surface area contributed by atoms with Crippen LogP contribution in [0.3, 0.4) is 0 Å². The fourth-order valence-corrected chi connectivity index (χ4v) is 0. The molecule has 0 saturated carbocycles. The summed E-state index contributed by atoms with van der Waals surface area (Å²) in [5, 5.41) is 12.2. The van der Waals surface area contributed by atoms with Crippen LogP contribution in [0.1, 0.15) is 34.1 Å². The molecule has 0 rings (SSSR count). The van der Waals surface area contributed by atoms with Gasteiger partial charge in [-0.2, -0.15) is 0 Å². The van der Waals surface area contributed by atoms with Crippen molar-refractivity contribution in [3.63, 3.8) is 0 Å². The quantitative estimate of drug-likeness (QED) is 0.474. The highest BCUT2D eigenvalue weighted by Crippen LogP contribution is 1.56. The zero-order chi connectivity index (χ0) is 8.12. The number of hydrogen-bond acceptors (Lipinski definition) is 2. The molecule has 0 spiro atoms. The zero-order valence-corrected chi connectivity index (χ0v) is 6.86. The van der Waals surface area contributed by atoms with Crippen molar-refractivity contribution in [2.24, 2.45) is 0 Å². The van der Waals surface area contributed by atoms with E-state index in [-0.39, 0.29) is 0 Å². The molecule has 0 saturated heterocycles. The Labute approximate surface area is 58.3 Å². The molecule has 0 aliphatic carbocycles. The van der Waals surface area contributed by atoms with Gasteiger partial charge in [0, 0.05) is 0 Å². The second kappa shape index (κ2) is 53.9. The van der Waals surface area contributed by atoms with Crippen LogP contribution in [0.2, 0.25) is 0 Å². The molecule has 0 aliphatic heterocycles. The second-order valence-corrected chi connectivity index (χ2v) is 1.28. The van der Waals surface area contributed by atoms with E-state index >= 15 is 0 Å². The predicted molar refractivity (Wildman–Crippen MR) is 44.9 cm³/mol. The first kappa shape index (κ1) is 15.8. The van der Waals surface area contributed by atoms with E-state index in [1.807, 2.05) is 0 Å². The van der Waals surface area contributed by atoms with E-state index in [1.54, 1.807) is 13.8 Å². The van der Waals surface area contributed by atoms with E-state index in [0.717, 1.165) is 0 Å². The van der Waals surface area contributed by atoms with Crippen LogP contribution in [0.15, 0.2) is 0 Å². The third kappa shape index (κ3) is 480. The Morgan fingerprint density at radius 1 is 1.00 bits per heavy atom. The Bertz CT molecular complexity index is 36.2. The van der Waals surface area contributed by atoms with Gasteiger partial charge in [0.15, 0.2) is 0 Å². The molecule has 0 unspecified atom stereocenters. The van der Waals surface area contributed by atoms with Crippen molar-refractivity contribution in [1.29, 1.82) is 10.8 Å². The standard InChI is InChI=1S/C3H8.2C2H5N/c1-3-2;2*1-2-3/h3H2,1-2H3;2*2-3H,1H3. The minimum absolute atomic E-state index is 1.25. The first-order chi connectivity index (χ1) is 4.24. The summed E-state index contributed by atoms with van der Waals surface area (Å²) in [6, 6.07) is 0. The molecule has 0 aliphatic rings. The maximum absolute atomic E-state index is 6.08. The molecule has 56 valence electrons. The summed E-state index contributed by atoms with van der Waals surface area (Å²) in [5.41, 5.74) is 0. The van der Waals surface area contributed by atoms with Crippen molar-refractivity contribution in [2.45, 2.75) is 34.1 Å². The molecule has 0 radical (unpaired) electrons. The van der Waals surface area contributed by atoms with E-state index < -0.39 is 0 Å². The molecule has 0 aromatic heterocycles. The summed E-state index contributed by atoms with van der Waals surface area (Å²) >= 11 is 0. The molecule has 0 heterocycles. The third-order valence-electron chi connectivity index (χ3n) is 0. The number of nitrogens with one attached hydrogen (secondary N) is 2. The van der Waals surface area contributed by atoms with Crippen molar-refractivity contribution in [3.05, 3.63) is 0 Å². The topological polar surface area (TPSA) is 47.7 Å². The molecule has 0 amide bonds. The van der Waals surface area contributed by atoms with Gasteiger partial charge in [0.1, 0.15) is 0 Å². The maximum atomic E-state index is 6.08. The van der Waals surface area contributed by atoms with Crippen LogP contribution >= 0.6 is 0 Å². The lowest BCUT2D eigenvalue weighted by atomic mass is 10.6. The predicted octanol–water partition coefficient (Wildman–Crippen LogP) is 2.73. The lowest BCUT2D eigenvalue weighted by Crippen LogP contribution is -1.32. The lowest BCUT2D eigenvalue weighted by molar-refractivity contribution is 1.09. The van der Waals surface area contributed by atoms with Gasteiger partial charge in [-0.1, -0.05) is 20.3 Å². The number of rotatable bonds is 0. The molecule has 9 heavy (non-hydrogen) atoms. The lowest BCUT2D eigenvalue weighted by Gasteiger charge is -1.48. The average molecular weight is 130 g/mol. The van der Waals surface area contributed by atoms with Crippen molar-refractivity contribution in [2.75, 3.05) is 0 Å². The molecule has 0 atom stereocenters. The normalized spacial score (nSPS) is 4.89. The second-order valence-electron chi connectivity index (χ2n) is 1.28. The summed E-state index contributed by atoms with van der Waals surface area (Å²) < 4.78 is 0.